The SMILES string of the molecule is CCC(C#Cc1ccc(C(CC)(CC)c2ccc(-c3ccc(CC(=O)OC)cc3)c(C)c2)cc1C)(CC)O[Si](C)(C)C. The fraction of sp³-hybridized carbons (Fsp3) is 0.447. The van der Waals surface area contributed by atoms with Crippen molar-refractivity contribution >= 4 is 14.3 Å². The van der Waals surface area contributed by atoms with Gasteiger partial charge in [0.2, 0.25) is 0 Å². The molecule has 0 fully saturated rings. The first-order valence-electron chi connectivity index (χ1n) is 15.5. The van der Waals surface area contributed by atoms with Gasteiger partial charge < -0.3 is 9.16 Å². The van der Waals surface area contributed by atoms with Crippen LogP contribution in [0.4, 0.5) is 0 Å². The Labute approximate surface area is 256 Å². The molecule has 4 heteroatoms. The number of ether oxygens (including phenoxy) is 1. The summed E-state index contributed by atoms with van der Waals surface area (Å²) in [6, 6.07) is 22.0. The molecule has 0 unspecified atom stereocenters. The van der Waals surface area contributed by atoms with Crippen LogP contribution in [0.5, 0.6) is 0 Å². The quantitative estimate of drug-likeness (QED) is 0.128. The smallest absolute Gasteiger partial charge is 0.309 e. The Bertz CT molecular complexity index is 1430. The average Bonchev–Trinajstić information content (AvgIpc) is 2.97. The predicted molar refractivity (Wildman–Crippen MR) is 179 cm³/mol. The normalized spacial score (nSPS) is 12.0. The third-order valence-corrected chi connectivity index (χ3v) is 9.68. The summed E-state index contributed by atoms with van der Waals surface area (Å²) < 4.78 is 11.4. The minimum Gasteiger partial charge on any atom is -0.469 e. The summed E-state index contributed by atoms with van der Waals surface area (Å²) in [6.45, 7) is 20.0. The molecule has 0 N–H and O–H groups in total. The Morgan fingerprint density at radius 1 is 0.786 bits per heavy atom. The molecule has 0 saturated heterocycles. The number of aryl methyl sites for hydroxylation is 2. The molecule has 0 spiro atoms. The summed E-state index contributed by atoms with van der Waals surface area (Å²) in [5.41, 5.74) is 9.07. The lowest BCUT2D eigenvalue weighted by Gasteiger charge is -2.34. The fourth-order valence-electron chi connectivity index (χ4n) is 6.02. The van der Waals surface area contributed by atoms with Crippen molar-refractivity contribution in [3.8, 4) is 23.0 Å². The second kappa shape index (κ2) is 13.9. The van der Waals surface area contributed by atoms with Crippen LogP contribution in [-0.2, 0) is 25.8 Å². The molecule has 3 rings (SSSR count). The molecule has 42 heavy (non-hydrogen) atoms. The van der Waals surface area contributed by atoms with Crippen molar-refractivity contribution in [2.24, 2.45) is 0 Å². The number of hydrogen-bond donors (Lipinski definition) is 0. The van der Waals surface area contributed by atoms with E-state index in [1.54, 1.807) is 0 Å². The van der Waals surface area contributed by atoms with E-state index in [-0.39, 0.29) is 17.0 Å². The number of carbonyl (C=O) groups excluding carboxylic acids is 1. The maximum Gasteiger partial charge on any atom is 0.309 e. The fourth-order valence-corrected chi connectivity index (χ4v) is 7.54. The van der Waals surface area contributed by atoms with Crippen LogP contribution in [0, 0.1) is 25.7 Å². The van der Waals surface area contributed by atoms with Crippen molar-refractivity contribution in [1.82, 2.24) is 0 Å². The third-order valence-electron chi connectivity index (χ3n) is 8.67. The van der Waals surface area contributed by atoms with Gasteiger partial charge in [-0.3, -0.25) is 4.79 Å². The Morgan fingerprint density at radius 2 is 1.36 bits per heavy atom. The highest BCUT2D eigenvalue weighted by Crippen LogP contribution is 2.41. The summed E-state index contributed by atoms with van der Waals surface area (Å²) >= 11 is 0. The average molecular weight is 583 g/mol. The molecule has 0 heterocycles. The first-order valence-corrected chi connectivity index (χ1v) is 18.9. The van der Waals surface area contributed by atoms with Gasteiger partial charge in [-0.05, 0) is 104 Å². The third kappa shape index (κ3) is 7.62. The topological polar surface area (TPSA) is 35.5 Å². The predicted octanol–water partition coefficient (Wildman–Crippen LogP) is 9.55. The Balaban J connectivity index is 1.96. The van der Waals surface area contributed by atoms with Gasteiger partial charge in [-0.2, -0.15) is 0 Å². The molecule has 0 aromatic heterocycles. The van der Waals surface area contributed by atoms with Crippen molar-refractivity contribution in [2.75, 3.05) is 7.11 Å². The van der Waals surface area contributed by atoms with Crippen LogP contribution < -0.4 is 0 Å². The van der Waals surface area contributed by atoms with E-state index in [0.29, 0.717) is 6.42 Å². The van der Waals surface area contributed by atoms with Crippen LogP contribution in [0.3, 0.4) is 0 Å². The van der Waals surface area contributed by atoms with Gasteiger partial charge in [0, 0.05) is 11.0 Å². The van der Waals surface area contributed by atoms with Crippen molar-refractivity contribution in [2.45, 2.75) is 104 Å². The van der Waals surface area contributed by atoms with E-state index in [2.05, 4.69) is 122 Å². The van der Waals surface area contributed by atoms with Crippen LogP contribution in [0.1, 0.15) is 86.8 Å². The zero-order valence-electron chi connectivity index (χ0n) is 27.5. The molecule has 3 aromatic rings. The largest absolute Gasteiger partial charge is 0.469 e. The van der Waals surface area contributed by atoms with Crippen molar-refractivity contribution < 1.29 is 14.0 Å². The van der Waals surface area contributed by atoms with Crippen LogP contribution >= 0.6 is 0 Å². The Morgan fingerprint density at radius 3 is 1.83 bits per heavy atom. The van der Waals surface area contributed by atoms with Crippen LogP contribution in [0.2, 0.25) is 19.6 Å². The lowest BCUT2D eigenvalue weighted by atomic mass is 9.69. The molecule has 0 saturated carbocycles. The van der Waals surface area contributed by atoms with Gasteiger partial charge in [0.15, 0.2) is 8.32 Å². The number of esters is 1. The minimum atomic E-state index is -1.73. The van der Waals surface area contributed by atoms with E-state index in [0.717, 1.165) is 42.4 Å². The first kappa shape index (κ1) is 33.4. The van der Waals surface area contributed by atoms with Gasteiger partial charge in [-0.15, -0.1) is 0 Å². The highest BCUT2D eigenvalue weighted by Gasteiger charge is 2.33. The highest BCUT2D eigenvalue weighted by molar-refractivity contribution is 6.69. The Hall–Kier alpha value is -3.13. The molecule has 3 aromatic carbocycles. The maximum absolute atomic E-state index is 11.6. The number of carbonyl (C=O) groups is 1. The number of methoxy groups -OCH3 is 1. The van der Waals surface area contributed by atoms with Crippen LogP contribution in [0.25, 0.3) is 11.1 Å². The van der Waals surface area contributed by atoms with E-state index < -0.39 is 8.32 Å². The van der Waals surface area contributed by atoms with Crippen molar-refractivity contribution in [3.63, 3.8) is 0 Å². The van der Waals surface area contributed by atoms with Crippen molar-refractivity contribution in [1.29, 1.82) is 0 Å². The van der Waals surface area contributed by atoms with Gasteiger partial charge in [0.25, 0.3) is 0 Å². The first-order chi connectivity index (χ1) is 19.9. The lowest BCUT2D eigenvalue weighted by molar-refractivity contribution is -0.139. The molecule has 224 valence electrons. The number of rotatable bonds is 11. The summed E-state index contributed by atoms with van der Waals surface area (Å²) in [7, 11) is -0.304. The van der Waals surface area contributed by atoms with E-state index >= 15 is 0 Å². The molecule has 0 radical (unpaired) electrons. The lowest BCUT2D eigenvalue weighted by Crippen LogP contribution is -2.41. The molecule has 3 nitrogen and oxygen atoms in total. The number of hydrogen-bond acceptors (Lipinski definition) is 3. The van der Waals surface area contributed by atoms with E-state index in [1.807, 2.05) is 12.1 Å². The minimum absolute atomic E-state index is 0.0814. The standard InChI is InChI=1S/C38H50O3Si/c1-11-37(12-2,41-42(8,9)10)24-23-31-19-20-33(25-28(31)5)38(13-3,14-4)34-21-22-35(29(6)26-34)32-17-15-30(16-18-32)27-36(39)40-7/h15-22,25-26H,11-14,27H2,1-10H3. The summed E-state index contributed by atoms with van der Waals surface area (Å²) in [6.07, 6.45) is 4.08. The van der Waals surface area contributed by atoms with Crippen LogP contribution in [-0.4, -0.2) is 27.0 Å². The van der Waals surface area contributed by atoms with Gasteiger partial charge in [0.05, 0.1) is 13.5 Å². The molecular weight excluding hydrogens is 533 g/mol. The zero-order valence-corrected chi connectivity index (χ0v) is 28.5. The van der Waals surface area contributed by atoms with E-state index in [1.165, 1.54) is 34.9 Å². The zero-order chi connectivity index (χ0) is 31.1. The highest BCUT2D eigenvalue weighted by atomic mass is 28.4. The monoisotopic (exact) mass is 582 g/mol. The van der Waals surface area contributed by atoms with Crippen molar-refractivity contribution in [3.05, 3.63) is 94.0 Å². The van der Waals surface area contributed by atoms with Gasteiger partial charge >= 0.3 is 5.97 Å². The van der Waals surface area contributed by atoms with Gasteiger partial charge in [-0.25, -0.2) is 0 Å². The molecule has 0 aliphatic carbocycles. The Kier molecular flexibility index (Phi) is 11.0. The summed E-state index contributed by atoms with van der Waals surface area (Å²) in [5.74, 6) is 6.83. The molecule has 0 bridgehead atoms. The maximum atomic E-state index is 11.6. The van der Waals surface area contributed by atoms with Gasteiger partial charge in [0.1, 0.15) is 5.60 Å². The second-order valence-electron chi connectivity index (χ2n) is 12.5. The summed E-state index contributed by atoms with van der Waals surface area (Å²) in [4.78, 5) is 11.6. The molecule has 0 aliphatic rings. The molecule has 0 aliphatic heterocycles. The van der Waals surface area contributed by atoms with E-state index in [4.69, 9.17) is 9.16 Å². The van der Waals surface area contributed by atoms with E-state index in [9.17, 15) is 4.79 Å². The second-order valence-corrected chi connectivity index (χ2v) is 16.9. The molecule has 0 amide bonds. The van der Waals surface area contributed by atoms with Gasteiger partial charge in [-0.1, -0.05) is 94.1 Å². The van der Waals surface area contributed by atoms with Crippen LogP contribution in [0.15, 0.2) is 60.7 Å². The molecular formula is C38H50O3Si. The summed E-state index contributed by atoms with van der Waals surface area (Å²) in [5, 5.41) is 0. The molecule has 0 atom stereocenters. The number of benzene rings is 3.